The Morgan fingerprint density at radius 1 is 1.44 bits per heavy atom. The van der Waals surface area contributed by atoms with E-state index in [-0.39, 0.29) is 5.91 Å². The summed E-state index contributed by atoms with van der Waals surface area (Å²) in [4.78, 5) is 15.7. The van der Waals surface area contributed by atoms with Crippen LogP contribution in [0.2, 0.25) is 0 Å². The molecule has 0 aliphatic rings. The Kier molecular flexibility index (Phi) is 3.57. The van der Waals surface area contributed by atoms with Crippen molar-refractivity contribution < 1.29 is 4.79 Å². The summed E-state index contributed by atoms with van der Waals surface area (Å²) in [5, 5.41) is 7.00. The number of hydrogen-bond acceptors (Lipinski definition) is 4. The van der Waals surface area contributed by atoms with Crippen LogP contribution in [-0.2, 0) is 13.5 Å². The van der Waals surface area contributed by atoms with E-state index >= 15 is 0 Å². The molecule has 2 aromatic heterocycles. The van der Waals surface area contributed by atoms with Gasteiger partial charge < -0.3 is 11.1 Å². The number of nitrogens with two attached hydrogens (primary N) is 1. The SMILES string of the molecule is Cn1ccc(CCNC(=O)c2cccc(N)n2)n1. The molecule has 3 N–H and O–H groups in total. The van der Waals surface area contributed by atoms with E-state index in [0.29, 0.717) is 24.5 Å². The lowest BCUT2D eigenvalue weighted by Gasteiger charge is -2.03. The predicted octanol–water partition coefficient (Wildman–Crippen LogP) is 0.370. The number of anilines is 1. The Morgan fingerprint density at radius 3 is 2.94 bits per heavy atom. The predicted molar refractivity (Wildman–Crippen MR) is 67.9 cm³/mol. The van der Waals surface area contributed by atoms with Gasteiger partial charge in [0.2, 0.25) is 0 Å². The minimum absolute atomic E-state index is 0.224. The highest BCUT2D eigenvalue weighted by Crippen LogP contribution is 2.00. The zero-order valence-electron chi connectivity index (χ0n) is 10.1. The highest BCUT2D eigenvalue weighted by molar-refractivity contribution is 5.92. The van der Waals surface area contributed by atoms with Crippen LogP contribution in [0.3, 0.4) is 0 Å². The lowest BCUT2D eigenvalue weighted by molar-refractivity contribution is 0.0949. The smallest absolute Gasteiger partial charge is 0.269 e. The first-order chi connectivity index (χ1) is 8.65. The van der Waals surface area contributed by atoms with Crippen LogP contribution >= 0.6 is 0 Å². The minimum atomic E-state index is -0.224. The summed E-state index contributed by atoms with van der Waals surface area (Å²) in [7, 11) is 1.86. The standard InChI is InChI=1S/C12H15N5O/c1-17-8-6-9(16-17)5-7-14-12(18)10-3-2-4-11(13)15-10/h2-4,6,8H,5,7H2,1H3,(H2,13,15)(H,14,18). The van der Waals surface area contributed by atoms with Crippen molar-refractivity contribution in [3.8, 4) is 0 Å². The quantitative estimate of drug-likeness (QED) is 0.814. The van der Waals surface area contributed by atoms with Gasteiger partial charge in [-0.1, -0.05) is 6.07 Å². The first-order valence-corrected chi connectivity index (χ1v) is 5.64. The number of rotatable bonds is 4. The number of aromatic nitrogens is 3. The van der Waals surface area contributed by atoms with Crippen LogP contribution in [0.25, 0.3) is 0 Å². The molecule has 94 valence electrons. The van der Waals surface area contributed by atoms with E-state index in [2.05, 4.69) is 15.4 Å². The van der Waals surface area contributed by atoms with E-state index in [1.165, 1.54) is 0 Å². The van der Waals surface area contributed by atoms with Gasteiger partial charge in [0, 0.05) is 26.2 Å². The molecular weight excluding hydrogens is 230 g/mol. The average Bonchev–Trinajstić information content (AvgIpc) is 2.75. The third-order valence-electron chi connectivity index (χ3n) is 2.44. The summed E-state index contributed by atoms with van der Waals surface area (Å²) < 4.78 is 1.73. The topological polar surface area (TPSA) is 85.8 Å². The summed E-state index contributed by atoms with van der Waals surface area (Å²) in [5.41, 5.74) is 6.79. The van der Waals surface area contributed by atoms with Crippen LogP contribution in [0, 0.1) is 0 Å². The fourth-order valence-electron chi connectivity index (χ4n) is 1.57. The summed E-state index contributed by atoms with van der Waals surface area (Å²) in [6.45, 7) is 0.520. The zero-order chi connectivity index (χ0) is 13.0. The number of nitrogens with one attached hydrogen (secondary N) is 1. The van der Waals surface area contributed by atoms with Crippen LogP contribution in [0.15, 0.2) is 30.5 Å². The molecule has 6 nitrogen and oxygen atoms in total. The number of amides is 1. The molecular formula is C12H15N5O. The van der Waals surface area contributed by atoms with Crippen molar-refractivity contribution in [1.29, 1.82) is 0 Å². The lowest BCUT2D eigenvalue weighted by Crippen LogP contribution is -2.26. The van der Waals surface area contributed by atoms with Crippen LogP contribution in [0.4, 0.5) is 5.82 Å². The molecule has 0 saturated heterocycles. The van der Waals surface area contributed by atoms with Gasteiger partial charge in [-0.15, -0.1) is 0 Å². The maximum absolute atomic E-state index is 11.7. The normalized spacial score (nSPS) is 10.3. The zero-order valence-corrected chi connectivity index (χ0v) is 10.1. The first-order valence-electron chi connectivity index (χ1n) is 5.64. The van der Waals surface area contributed by atoms with Gasteiger partial charge in [-0.3, -0.25) is 9.48 Å². The third-order valence-corrected chi connectivity index (χ3v) is 2.44. The maximum atomic E-state index is 11.7. The van der Waals surface area contributed by atoms with Gasteiger partial charge in [-0.2, -0.15) is 5.10 Å². The maximum Gasteiger partial charge on any atom is 0.269 e. The third kappa shape index (κ3) is 3.07. The number of pyridine rings is 1. The van der Waals surface area contributed by atoms with E-state index in [1.807, 2.05) is 19.3 Å². The Balaban J connectivity index is 1.85. The molecule has 0 bridgehead atoms. The monoisotopic (exact) mass is 245 g/mol. The second-order valence-electron chi connectivity index (χ2n) is 3.93. The van der Waals surface area contributed by atoms with E-state index in [0.717, 1.165) is 5.69 Å². The molecule has 2 heterocycles. The van der Waals surface area contributed by atoms with Crippen molar-refractivity contribution in [2.45, 2.75) is 6.42 Å². The largest absolute Gasteiger partial charge is 0.384 e. The Morgan fingerprint density at radius 2 is 2.28 bits per heavy atom. The van der Waals surface area contributed by atoms with Crippen molar-refractivity contribution in [2.75, 3.05) is 12.3 Å². The molecule has 0 aliphatic carbocycles. The minimum Gasteiger partial charge on any atom is -0.384 e. The molecule has 2 rings (SSSR count). The van der Waals surface area contributed by atoms with Crippen LogP contribution in [-0.4, -0.2) is 27.2 Å². The number of nitrogen functional groups attached to an aromatic ring is 1. The second kappa shape index (κ2) is 5.31. The van der Waals surface area contributed by atoms with Crippen molar-refractivity contribution in [1.82, 2.24) is 20.1 Å². The van der Waals surface area contributed by atoms with Crippen molar-refractivity contribution in [3.05, 3.63) is 41.9 Å². The molecule has 0 aromatic carbocycles. The second-order valence-corrected chi connectivity index (χ2v) is 3.93. The molecule has 0 fully saturated rings. The van der Waals surface area contributed by atoms with Crippen molar-refractivity contribution in [3.63, 3.8) is 0 Å². The Labute approximate surface area is 105 Å². The molecule has 18 heavy (non-hydrogen) atoms. The first kappa shape index (κ1) is 12.1. The summed E-state index contributed by atoms with van der Waals surface area (Å²) in [6.07, 6.45) is 2.56. The van der Waals surface area contributed by atoms with Gasteiger partial charge in [-0.05, 0) is 18.2 Å². The summed E-state index contributed by atoms with van der Waals surface area (Å²) in [5.74, 6) is 0.116. The molecule has 0 unspecified atom stereocenters. The molecule has 0 spiro atoms. The Bertz CT molecular complexity index is 549. The van der Waals surface area contributed by atoms with Gasteiger partial charge in [-0.25, -0.2) is 4.98 Å². The molecule has 1 amide bonds. The van der Waals surface area contributed by atoms with E-state index in [4.69, 9.17) is 5.73 Å². The number of hydrogen-bond donors (Lipinski definition) is 2. The highest BCUT2D eigenvalue weighted by Gasteiger charge is 2.06. The van der Waals surface area contributed by atoms with Gasteiger partial charge >= 0.3 is 0 Å². The summed E-state index contributed by atoms with van der Waals surface area (Å²) in [6, 6.07) is 6.90. The number of carbonyl (C=O) groups is 1. The van der Waals surface area contributed by atoms with E-state index in [1.54, 1.807) is 22.9 Å². The number of nitrogens with zero attached hydrogens (tertiary/aromatic N) is 3. The van der Waals surface area contributed by atoms with E-state index < -0.39 is 0 Å². The van der Waals surface area contributed by atoms with Gasteiger partial charge in [0.05, 0.1) is 5.69 Å². The van der Waals surface area contributed by atoms with Gasteiger partial charge in [0.25, 0.3) is 5.91 Å². The fourth-order valence-corrected chi connectivity index (χ4v) is 1.57. The molecule has 0 atom stereocenters. The lowest BCUT2D eigenvalue weighted by atomic mass is 10.3. The number of carbonyl (C=O) groups excluding carboxylic acids is 1. The van der Waals surface area contributed by atoms with Gasteiger partial charge in [0.1, 0.15) is 11.5 Å². The highest BCUT2D eigenvalue weighted by atomic mass is 16.1. The molecule has 6 heteroatoms. The van der Waals surface area contributed by atoms with Crippen LogP contribution in [0.5, 0.6) is 0 Å². The molecule has 0 radical (unpaired) electrons. The summed E-state index contributed by atoms with van der Waals surface area (Å²) >= 11 is 0. The van der Waals surface area contributed by atoms with Crippen molar-refractivity contribution in [2.24, 2.45) is 7.05 Å². The van der Waals surface area contributed by atoms with Gasteiger partial charge in [0.15, 0.2) is 0 Å². The van der Waals surface area contributed by atoms with Crippen LogP contribution in [0.1, 0.15) is 16.2 Å². The molecule has 2 aromatic rings. The Hall–Kier alpha value is -2.37. The van der Waals surface area contributed by atoms with Crippen LogP contribution < -0.4 is 11.1 Å². The molecule has 0 saturated carbocycles. The molecule has 0 aliphatic heterocycles. The fraction of sp³-hybridized carbons (Fsp3) is 0.250. The van der Waals surface area contributed by atoms with Crippen molar-refractivity contribution >= 4 is 11.7 Å². The number of aryl methyl sites for hydroxylation is 1. The van der Waals surface area contributed by atoms with E-state index in [9.17, 15) is 4.79 Å². The average molecular weight is 245 g/mol.